The molecule has 0 radical (unpaired) electrons. The molecule has 90 valence electrons. The Morgan fingerprint density at radius 2 is 2.24 bits per heavy atom. The van der Waals surface area contributed by atoms with E-state index in [1.54, 1.807) is 0 Å². The summed E-state index contributed by atoms with van der Waals surface area (Å²) in [6.45, 7) is 0. The van der Waals surface area contributed by atoms with Crippen LogP contribution >= 0.6 is 11.6 Å². The first kappa shape index (κ1) is 11.1. The average Bonchev–Trinajstić information content (AvgIpc) is 2.74. The van der Waals surface area contributed by atoms with Gasteiger partial charge in [0.15, 0.2) is 11.5 Å². The Morgan fingerprint density at radius 1 is 1.35 bits per heavy atom. The normalized spacial score (nSPS) is 25.3. The van der Waals surface area contributed by atoms with Gasteiger partial charge in [0.1, 0.15) is 5.52 Å². The summed E-state index contributed by atoms with van der Waals surface area (Å²) in [5.41, 5.74) is 7.53. The van der Waals surface area contributed by atoms with Crippen molar-refractivity contribution in [3.05, 3.63) is 29.1 Å². The quantitative estimate of drug-likeness (QED) is 0.843. The molecule has 1 aliphatic rings. The van der Waals surface area contributed by atoms with Crippen molar-refractivity contribution in [1.82, 2.24) is 4.98 Å². The van der Waals surface area contributed by atoms with Gasteiger partial charge >= 0.3 is 0 Å². The molecule has 1 fully saturated rings. The van der Waals surface area contributed by atoms with Crippen LogP contribution in [-0.4, -0.2) is 11.0 Å². The van der Waals surface area contributed by atoms with E-state index in [1.165, 1.54) is 0 Å². The molecule has 2 N–H and O–H groups in total. The number of nitrogens with zero attached hydrogens (tertiary/aromatic N) is 1. The van der Waals surface area contributed by atoms with E-state index < -0.39 is 0 Å². The van der Waals surface area contributed by atoms with Gasteiger partial charge in [0, 0.05) is 12.0 Å². The number of oxazole rings is 1. The maximum atomic E-state index is 6.08. The summed E-state index contributed by atoms with van der Waals surface area (Å²) in [6.07, 6.45) is 4.33. The van der Waals surface area contributed by atoms with Gasteiger partial charge in [0.2, 0.25) is 0 Å². The lowest BCUT2D eigenvalue weighted by Crippen LogP contribution is -2.26. The molecule has 2 unspecified atom stereocenters. The van der Waals surface area contributed by atoms with Crippen LogP contribution in [0.5, 0.6) is 0 Å². The lowest BCUT2D eigenvalue weighted by atomic mass is 9.86. The van der Waals surface area contributed by atoms with Crippen LogP contribution in [0.3, 0.4) is 0 Å². The predicted molar refractivity (Wildman–Crippen MR) is 68.2 cm³/mol. The first-order valence-electron chi connectivity index (χ1n) is 6.04. The number of hydrogen-bond acceptors (Lipinski definition) is 3. The van der Waals surface area contributed by atoms with Crippen molar-refractivity contribution in [2.75, 3.05) is 0 Å². The number of aromatic nitrogens is 1. The highest BCUT2D eigenvalue weighted by Gasteiger charge is 2.25. The summed E-state index contributed by atoms with van der Waals surface area (Å²) in [5, 5.41) is 0.626. The van der Waals surface area contributed by atoms with E-state index in [0.717, 1.165) is 37.1 Å². The van der Waals surface area contributed by atoms with Crippen LogP contribution in [-0.2, 0) is 0 Å². The van der Waals surface area contributed by atoms with Gasteiger partial charge in [-0.05, 0) is 31.4 Å². The molecule has 3 rings (SSSR count). The number of benzene rings is 1. The third kappa shape index (κ3) is 2.05. The number of para-hydroxylation sites is 1. The van der Waals surface area contributed by atoms with Gasteiger partial charge in [-0.1, -0.05) is 24.1 Å². The highest BCUT2D eigenvalue weighted by atomic mass is 35.5. The van der Waals surface area contributed by atoms with Crippen LogP contribution in [0.4, 0.5) is 0 Å². The van der Waals surface area contributed by atoms with E-state index in [2.05, 4.69) is 4.98 Å². The molecule has 3 nitrogen and oxygen atoms in total. The minimum absolute atomic E-state index is 0.277. The Hall–Kier alpha value is -1.06. The predicted octanol–water partition coefficient (Wildman–Crippen LogP) is 3.47. The molecule has 0 saturated heterocycles. The summed E-state index contributed by atoms with van der Waals surface area (Å²) in [5.74, 6) is 1.14. The highest BCUT2D eigenvalue weighted by molar-refractivity contribution is 6.34. The van der Waals surface area contributed by atoms with Crippen molar-refractivity contribution in [1.29, 1.82) is 0 Å². The third-order valence-corrected chi connectivity index (χ3v) is 3.75. The van der Waals surface area contributed by atoms with Crippen molar-refractivity contribution in [2.24, 2.45) is 5.73 Å². The van der Waals surface area contributed by atoms with E-state index in [1.807, 2.05) is 18.2 Å². The van der Waals surface area contributed by atoms with Crippen LogP contribution in [0.2, 0.25) is 5.02 Å². The van der Waals surface area contributed by atoms with Gasteiger partial charge in [-0.2, -0.15) is 0 Å². The van der Waals surface area contributed by atoms with E-state index in [4.69, 9.17) is 21.8 Å². The fourth-order valence-corrected chi connectivity index (χ4v) is 2.77. The van der Waals surface area contributed by atoms with Crippen LogP contribution < -0.4 is 5.73 Å². The van der Waals surface area contributed by atoms with Crippen molar-refractivity contribution < 1.29 is 4.42 Å². The average molecular weight is 251 g/mol. The molecule has 1 saturated carbocycles. The monoisotopic (exact) mass is 250 g/mol. The fraction of sp³-hybridized carbons (Fsp3) is 0.462. The zero-order chi connectivity index (χ0) is 11.8. The molecular weight excluding hydrogens is 236 g/mol. The topological polar surface area (TPSA) is 52.0 Å². The Labute approximate surface area is 105 Å². The maximum Gasteiger partial charge on any atom is 0.198 e. The summed E-state index contributed by atoms with van der Waals surface area (Å²) < 4.78 is 5.79. The number of nitrogens with two attached hydrogens (primary N) is 1. The van der Waals surface area contributed by atoms with Crippen molar-refractivity contribution in [2.45, 2.75) is 37.6 Å². The third-order valence-electron chi connectivity index (χ3n) is 3.45. The minimum Gasteiger partial charge on any atom is -0.439 e. The van der Waals surface area contributed by atoms with Crippen LogP contribution in [0, 0.1) is 0 Å². The van der Waals surface area contributed by atoms with Gasteiger partial charge in [-0.25, -0.2) is 4.98 Å². The summed E-state index contributed by atoms with van der Waals surface area (Å²) in [4.78, 5) is 4.53. The lowest BCUT2D eigenvalue weighted by Gasteiger charge is -2.23. The molecule has 1 aromatic carbocycles. The zero-order valence-electron chi connectivity index (χ0n) is 9.53. The van der Waals surface area contributed by atoms with Gasteiger partial charge in [-0.3, -0.25) is 0 Å². The van der Waals surface area contributed by atoms with Crippen molar-refractivity contribution >= 4 is 22.7 Å². The first-order chi connectivity index (χ1) is 8.24. The molecule has 0 bridgehead atoms. The number of rotatable bonds is 1. The molecule has 0 spiro atoms. The van der Waals surface area contributed by atoms with Crippen LogP contribution in [0.15, 0.2) is 22.6 Å². The van der Waals surface area contributed by atoms with Gasteiger partial charge in [-0.15, -0.1) is 0 Å². The Bertz CT molecular complexity index is 537. The molecule has 1 aromatic heterocycles. The van der Waals surface area contributed by atoms with Crippen LogP contribution in [0.25, 0.3) is 11.1 Å². The molecule has 0 amide bonds. The van der Waals surface area contributed by atoms with Gasteiger partial charge in [0.05, 0.1) is 5.02 Å². The molecule has 0 aliphatic heterocycles. The molecule has 2 aromatic rings. The van der Waals surface area contributed by atoms with Crippen molar-refractivity contribution in [3.8, 4) is 0 Å². The molecular formula is C13H15ClN2O. The Kier molecular flexibility index (Phi) is 2.81. The molecule has 4 heteroatoms. The minimum atomic E-state index is 0.277. The Balaban J connectivity index is 1.97. The van der Waals surface area contributed by atoms with Gasteiger partial charge in [0.25, 0.3) is 0 Å². The lowest BCUT2D eigenvalue weighted by molar-refractivity contribution is 0.343. The Morgan fingerprint density at radius 3 is 3.00 bits per heavy atom. The second-order valence-electron chi connectivity index (χ2n) is 4.76. The van der Waals surface area contributed by atoms with E-state index in [9.17, 15) is 0 Å². The first-order valence-corrected chi connectivity index (χ1v) is 6.42. The molecule has 17 heavy (non-hydrogen) atoms. The zero-order valence-corrected chi connectivity index (χ0v) is 10.3. The molecule has 1 heterocycles. The number of halogens is 1. The smallest absolute Gasteiger partial charge is 0.198 e. The molecule has 2 atom stereocenters. The van der Waals surface area contributed by atoms with Gasteiger partial charge < -0.3 is 10.2 Å². The van der Waals surface area contributed by atoms with Crippen molar-refractivity contribution in [3.63, 3.8) is 0 Å². The highest BCUT2D eigenvalue weighted by Crippen LogP contribution is 2.34. The summed E-state index contributed by atoms with van der Waals surface area (Å²) in [6, 6.07) is 5.92. The largest absolute Gasteiger partial charge is 0.439 e. The summed E-state index contributed by atoms with van der Waals surface area (Å²) >= 11 is 6.08. The summed E-state index contributed by atoms with van der Waals surface area (Å²) in [7, 11) is 0. The van der Waals surface area contributed by atoms with Crippen LogP contribution in [0.1, 0.15) is 37.5 Å². The SMILES string of the molecule is NC1CCCC(c2nc3cccc(Cl)c3o2)C1. The van der Waals surface area contributed by atoms with E-state index >= 15 is 0 Å². The maximum absolute atomic E-state index is 6.08. The number of fused-ring (bicyclic) bond motifs is 1. The second kappa shape index (κ2) is 4.31. The standard InChI is InChI=1S/C13H15ClN2O/c14-10-5-2-6-11-12(10)17-13(16-11)8-3-1-4-9(15)7-8/h2,5-6,8-9H,1,3-4,7,15H2. The molecule has 1 aliphatic carbocycles. The van der Waals surface area contributed by atoms with E-state index in [-0.39, 0.29) is 6.04 Å². The number of hydrogen-bond donors (Lipinski definition) is 1. The second-order valence-corrected chi connectivity index (χ2v) is 5.17. The van der Waals surface area contributed by atoms with E-state index in [0.29, 0.717) is 16.5 Å². The fourth-order valence-electron chi connectivity index (χ4n) is 2.56.